The fraction of sp³-hybridized carbons (Fsp3) is 0.286. The van der Waals surface area contributed by atoms with E-state index in [1.807, 2.05) is 43.0 Å². The molecule has 35 heavy (non-hydrogen) atoms. The molecule has 6 nitrogen and oxygen atoms in total. The number of H-pyrrole nitrogens is 1. The maximum Gasteiger partial charge on any atom is 0.256 e. The van der Waals surface area contributed by atoms with Crippen molar-refractivity contribution in [3.05, 3.63) is 76.4 Å². The molecular formula is C28H29FN4O2. The van der Waals surface area contributed by atoms with Gasteiger partial charge in [0.25, 0.3) is 5.91 Å². The molecule has 7 heteroatoms. The van der Waals surface area contributed by atoms with E-state index in [1.54, 1.807) is 18.2 Å². The number of halogens is 1. The summed E-state index contributed by atoms with van der Waals surface area (Å²) < 4.78 is 14.6. The Kier molecular flexibility index (Phi) is 6.03. The number of rotatable bonds is 4. The van der Waals surface area contributed by atoms with E-state index in [0.29, 0.717) is 34.4 Å². The van der Waals surface area contributed by atoms with E-state index in [1.165, 1.54) is 6.07 Å². The molecular weight excluding hydrogens is 443 g/mol. The average Bonchev–Trinajstić information content (AvgIpc) is 3.30. The van der Waals surface area contributed by atoms with Crippen LogP contribution < -0.4 is 5.32 Å². The summed E-state index contributed by atoms with van der Waals surface area (Å²) >= 11 is 0. The van der Waals surface area contributed by atoms with Gasteiger partial charge in [-0.25, -0.2) is 4.39 Å². The van der Waals surface area contributed by atoms with Crippen LogP contribution in [0.4, 0.5) is 10.1 Å². The minimum absolute atomic E-state index is 0.119. The van der Waals surface area contributed by atoms with Gasteiger partial charge in [0.2, 0.25) is 5.91 Å². The maximum atomic E-state index is 14.6. The second-order valence-corrected chi connectivity index (χ2v) is 9.35. The van der Waals surface area contributed by atoms with E-state index in [9.17, 15) is 14.0 Å². The molecule has 0 saturated carbocycles. The SMILES string of the molecule is Cc1[nH]c(/C=C2\C(=O)Nc3cccc(-c4ccccc4F)c32)c(C)c1CC(=O)N1CCN(C)CC1. The molecule has 5 rings (SSSR count). The zero-order valence-corrected chi connectivity index (χ0v) is 20.2. The number of amides is 2. The number of aryl methyl sites for hydroxylation is 1. The van der Waals surface area contributed by atoms with Gasteiger partial charge in [-0.1, -0.05) is 30.3 Å². The number of aromatic nitrogens is 1. The molecule has 2 amide bonds. The first-order chi connectivity index (χ1) is 16.8. The van der Waals surface area contributed by atoms with Crippen LogP contribution in [-0.2, 0) is 16.0 Å². The first kappa shape index (κ1) is 23.1. The monoisotopic (exact) mass is 472 g/mol. The van der Waals surface area contributed by atoms with Gasteiger partial charge in [0, 0.05) is 54.4 Å². The summed E-state index contributed by atoms with van der Waals surface area (Å²) in [5.74, 6) is -0.449. The Morgan fingerprint density at radius 3 is 2.49 bits per heavy atom. The van der Waals surface area contributed by atoms with Gasteiger partial charge < -0.3 is 20.1 Å². The Hall–Kier alpha value is -3.71. The zero-order valence-electron chi connectivity index (χ0n) is 20.2. The van der Waals surface area contributed by atoms with Crippen LogP contribution in [0.2, 0.25) is 0 Å². The average molecular weight is 473 g/mol. The molecule has 2 N–H and O–H groups in total. The van der Waals surface area contributed by atoms with Crippen molar-refractivity contribution in [1.82, 2.24) is 14.8 Å². The van der Waals surface area contributed by atoms with Crippen LogP contribution in [-0.4, -0.2) is 59.8 Å². The summed E-state index contributed by atoms with van der Waals surface area (Å²) in [6.45, 7) is 7.17. The lowest BCUT2D eigenvalue weighted by Gasteiger charge is -2.32. The van der Waals surface area contributed by atoms with Gasteiger partial charge in [-0.15, -0.1) is 0 Å². The third-order valence-corrected chi connectivity index (χ3v) is 7.09. The third-order valence-electron chi connectivity index (χ3n) is 7.09. The molecule has 2 aliphatic heterocycles. The predicted octanol–water partition coefficient (Wildman–Crippen LogP) is 4.25. The van der Waals surface area contributed by atoms with Gasteiger partial charge in [0.05, 0.1) is 12.0 Å². The summed E-state index contributed by atoms with van der Waals surface area (Å²) in [5, 5.41) is 2.91. The summed E-state index contributed by atoms with van der Waals surface area (Å²) in [6, 6.07) is 12.0. The van der Waals surface area contributed by atoms with Crippen LogP contribution in [0.3, 0.4) is 0 Å². The van der Waals surface area contributed by atoms with Crippen LogP contribution in [0.25, 0.3) is 22.8 Å². The van der Waals surface area contributed by atoms with Crippen molar-refractivity contribution in [2.24, 2.45) is 0 Å². The van der Waals surface area contributed by atoms with E-state index in [-0.39, 0.29) is 17.6 Å². The van der Waals surface area contributed by atoms with Crippen LogP contribution in [0.15, 0.2) is 42.5 Å². The van der Waals surface area contributed by atoms with Crippen LogP contribution >= 0.6 is 0 Å². The van der Waals surface area contributed by atoms with Crippen LogP contribution in [0.5, 0.6) is 0 Å². The molecule has 3 heterocycles. The number of fused-ring (bicyclic) bond motifs is 1. The molecule has 1 aromatic heterocycles. The number of benzene rings is 2. The van der Waals surface area contributed by atoms with Gasteiger partial charge in [-0.05, 0) is 55.8 Å². The molecule has 0 radical (unpaired) electrons. The molecule has 0 unspecified atom stereocenters. The Morgan fingerprint density at radius 1 is 1.03 bits per heavy atom. The van der Waals surface area contributed by atoms with E-state index in [2.05, 4.69) is 22.2 Å². The lowest BCUT2D eigenvalue weighted by Crippen LogP contribution is -2.47. The Balaban J connectivity index is 1.50. The molecule has 3 aromatic rings. The van der Waals surface area contributed by atoms with Gasteiger partial charge in [-0.3, -0.25) is 9.59 Å². The molecule has 1 fully saturated rings. The number of hydrogen-bond acceptors (Lipinski definition) is 3. The molecule has 0 atom stereocenters. The highest BCUT2D eigenvalue weighted by Crippen LogP contribution is 2.41. The molecule has 0 bridgehead atoms. The maximum absolute atomic E-state index is 14.6. The highest BCUT2D eigenvalue weighted by molar-refractivity contribution is 6.36. The largest absolute Gasteiger partial charge is 0.359 e. The topological polar surface area (TPSA) is 68.4 Å². The fourth-order valence-electron chi connectivity index (χ4n) is 4.98. The molecule has 1 saturated heterocycles. The number of hydrogen-bond donors (Lipinski definition) is 2. The first-order valence-corrected chi connectivity index (χ1v) is 11.9. The van der Waals surface area contributed by atoms with Crippen molar-refractivity contribution in [1.29, 1.82) is 0 Å². The molecule has 0 spiro atoms. The lowest BCUT2D eigenvalue weighted by molar-refractivity contribution is -0.132. The van der Waals surface area contributed by atoms with Gasteiger partial charge in [0.1, 0.15) is 5.82 Å². The van der Waals surface area contributed by atoms with Crippen LogP contribution in [0, 0.1) is 19.7 Å². The minimum atomic E-state index is -0.337. The number of nitrogens with zero attached hydrogens (tertiary/aromatic N) is 2. The van der Waals surface area contributed by atoms with Gasteiger partial charge in [-0.2, -0.15) is 0 Å². The summed E-state index contributed by atoms with van der Waals surface area (Å²) in [6.07, 6.45) is 2.14. The molecule has 0 aliphatic carbocycles. The number of carbonyl (C=O) groups excluding carboxylic acids is 2. The quantitative estimate of drug-likeness (QED) is 0.558. The Morgan fingerprint density at radius 2 is 1.74 bits per heavy atom. The van der Waals surface area contributed by atoms with Crippen molar-refractivity contribution in [3.8, 4) is 11.1 Å². The highest BCUT2D eigenvalue weighted by atomic mass is 19.1. The number of nitrogens with one attached hydrogen (secondary N) is 2. The number of piperazine rings is 1. The van der Waals surface area contributed by atoms with E-state index in [0.717, 1.165) is 48.7 Å². The number of likely N-dealkylation sites (N-methyl/N-ethyl adjacent to an activating group) is 1. The number of anilines is 1. The standard InChI is InChI=1S/C28H29FN4O2/c1-17-21(16-26(34)33-13-11-32(3)12-14-33)18(2)30-25(17)15-22-27-20(19-7-4-5-9-23(19)29)8-6-10-24(27)31-28(22)35/h4-10,15,30H,11-14,16H2,1-3H3,(H,31,35)/b22-15-. The number of carbonyl (C=O) groups is 2. The normalized spacial score (nSPS) is 17.1. The van der Waals surface area contributed by atoms with Crippen molar-refractivity contribution in [2.45, 2.75) is 20.3 Å². The van der Waals surface area contributed by atoms with Gasteiger partial charge >= 0.3 is 0 Å². The van der Waals surface area contributed by atoms with E-state index < -0.39 is 0 Å². The summed E-state index contributed by atoms with van der Waals surface area (Å²) in [5.41, 5.74) is 6.53. The van der Waals surface area contributed by atoms with E-state index in [4.69, 9.17) is 0 Å². The third kappa shape index (κ3) is 4.28. The second kappa shape index (κ2) is 9.15. The molecule has 2 aromatic carbocycles. The van der Waals surface area contributed by atoms with Crippen molar-refractivity contribution < 1.29 is 14.0 Å². The minimum Gasteiger partial charge on any atom is -0.359 e. The second-order valence-electron chi connectivity index (χ2n) is 9.35. The molecule has 2 aliphatic rings. The summed E-state index contributed by atoms with van der Waals surface area (Å²) in [4.78, 5) is 33.4. The van der Waals surface area contributed by atoms with Crippen LogP contribution in [0.1, 0.15) is 28.1 Å². The Labute approximate surface area is 204 Å². The zero-order chi connectivity index (χ0) is 24.7. The predicted molar refractivity (Wildman–Crippen MR) is 136 cm³/mol. The summed E-state index contributed by atoms with van der Waals surface area (Å²) in [7, 11) is 2.07. The van der Waals surface area contributed by atoms with E-state index >= 15 is 0 Å². The smallest absolute Gasteiger partial charge is 0.256 e. The Bertz CT molecular complexity index is 1350. The first-order valence-electron chi connectivity index (χ1n) is 11.9. The lowest BCUT2D eigenvalue weighted by atomic mass is 9.93. The van der Waals surface area contributed by atoms with Gasteiger partial charge in [0.15, 0.2) is 0 Å². The van der Waals surface area contributed by atoms with Crippen molar-refractivity contribution in [2.75, 3.05) is 38.5 Å². The molecule has 180 valence electrons. The van der Waals surface area contributed by atoms with Crippen molar-refractivity contribution >= 4 is 29.2 Å². The number of aromatic amines is 1. The highest BCUT2D eigenvalue weighted by Gasteiger charge is 2.29. The fourth-order valence-corrected chi connectivity index (χ4v) is 4.98. The van der Waals surface area contributed by atoms with Crippen molar-refractivity contribution in [3.63, 3.8) is 0 Å².